The van der Waals surface area contributed by atoms with E-state index in [1.165, 1.54) is 11.9 Å². The molecule has 1 amide bonds. The number of fused-ring (bicyclic) bond motifs is 1. The second-order valence-electron chi connectivity index (χ2n) is 7.17. The Balaban J connectivity index is 1.42. The van der Waals surface area contributed by atoms with Crippen LogP contribution < -0.4 is 10.2 Å². The topological polar surface area (TPSA) is 84.2 Å². The SMILES string of the molecule is CCc1noc2ncnc(N3CCCC(C(=O)NCCc4ccccc4)C3)c12. The average Bonchev–Trinajstić information content (AvgIpc) is 3.18. The number of carbonyl (C=O) groups is 1. The van der Waals surface area contributed by atoms with Gasteiger partial charge in [0.1, 0.15) is 17.5 Å². The minimum absolute atomic E-state index is 0.0422. The van der Waals surface area contributed by atoms with E-state index < -0.39 is 0 Å². The molecule has 28 heavy (non-hydrogen) atoms. The molecular formula is C21H25N5O2. The summed E-state index contributed by atoms with van der Waals surface area (Å²) >= 11 is 0. The quantitative estimate of drug-likeness (QED) is 0.709. The molecule has 0 aliphatic carbocycles. The molecule has 4 rings (SSSR count). The van der Waals surface area contributed by atoms with Crippen molar-refractivity contribution in [3.8, 4) is 0 Å². The minimum atomic E-state index is -0.0422. The largest absolute Gasteiger partial charge is 0.355 e. The first-order chi connectivity index (χ1) is 13.8. The number of hydrogen-bond acceptors (Lipinski definition) is 6. The van der Waals surface area contributed by atoms with Crippen LogP contribution in [0.1, 0.15) is 31.0 Å². The Hall–Kier alpha value is -2.96. The number of hydrogen-bond donors (Lipinski definition) is 1. The fourth-order valence-corrected chi connectivity index (χ4v) is 3.81. The first kappa shape index (κ1) is 18.4. The Labute approximate surface area is 164 Å². The molecule has 2 aromatic heterocycles. The number of nitrogens with one attached hydrogen (secondary N) is 1. The fraction of sp³-hybridized carbons (Fsp3) is 0.429. The van der Waals surface area contributed by atoms with Crippen LogP contribution in [0, 0.1) is 5.92 Å². The molecule has 3 heterocycles. The van der Waals surface area contributed by atoms with Gasteiger partial charge in [0.05, 0.1) is 11.6 Å². The molecule has 0 bridgehead atoms. The van der Waals surface area contributed by atoms with Gasteiger partial charge in [-0.25, -0.2) is 4.98 Å². The Kier molecular flexibility index (Phi) is 5.50. The monoisotopic (exact) mass is 379 g/mol. The predicted molar refractivity (Wildman–Crippen MR) is 107 cm³/mol. The van der Waals surface area contributed by atoms with E-state index in [4.69, 9.17) is 4.52 Å². The van der Waals surface area contributed by atoms with Crippen molar-refractivity contribution >= 4 is 22.8 Å². The molecule has 7 nitrogen and oxygen atoms in total. The number of benzene rings is 1. The molecular weight excluding hydrogens is 354 g/mol. The van der Waals surface area contributed by atoms with Crippen LogP contribution in [0.5, 0.6) is 0 Å². The first-order valence-electron chi connectivity index (χ1n) is 9.92. The zero-order valence-corrected chi connectivity index (χ0v) is 16.1. The van der Waals surface area contributed by atoms with Crippen molar-refractivity contribution in [1.82, 2.24) is 20.4 Å². The standard InChI is InChI=1S/C21H25N5O2/c1-2-17-18-19(23-14-24-21(18)28-25-17)26-12-6-9-16(13-26)20(27)22-11-10-15-7-4-3-5-8-15/h3-5,7-8,14,16H,2,6,9-13H2,1H3,(H,22,27). The fourth-order valence-electron chi connectivity index (χ4n) is 3.81. The van der Waals surface area contributed by atoms with Gasteiger partial charge in [0, 0.05) is 19.6 Å². The average molecular weight is 379 g/mol. The van der Waals surface area contributed by atoms with Gasteiger partial charge in [0.2, 0.25) is 5.91 Å². The first-order valence-corrected chi connectivity index (χ1v) is 9.92. The molecule has 7 heteroatoms. The maximum atomic E-state index is 12.7. The minimum Gasteiger partial charge on any atom is -0.355 e. The third kappa shape index (κ3) is 3.83. The van der Waals surface area contributed by atoms with Crippen molar-refractivity contribution < 1.29 is 9.32 Å². The molecule has 1 aliphatic heterocycles. The summed E-state index contributed by atoms with van der Waals surface area (Å²) in [5.41, 5.74) is 2.60. The number of amides is 1. The van der Waals surface area contributed by atoms with Gasteiger partial charge in [-0.1, -0.05) is 42.4 Å². The predicted octanol–water partition coefficient (Wildman–Crippen LogP) is 2.76. The van der Waals surface area contributed by atoms with Crippen LogP contribution in [0.4, 0.5) is 5.82 Å². The molecule has 0 saturated carbocycles. The summed E-state index contributed by atoms with van der Waals surface area (Å²) in [6.07, 6.45) is 4.95. The van der Waals surface area contributed by atoms with E-state index >= 15 is 0 Å². The van der Waals surface area contributed by atoms with Crippen molar-refractivity contribution in [3.63, 3.8) is 0 Å². The normalized spacial score (nSPS) is 17.0. The van der Waals surface area contributed by atoms with Crippen LogP contribution in [0.15, 0.2) is 41.2 Å². The van der Waals surface area contributed by atoms with E-state index in [9.17, 15) is 4.79 Å². The second kappa shape index (κ2) is 8.37. The van der Waals surface area contributed by atoms with Gasteiger partial charge in [-0.05, 0) is 31.2 Å². The summed E-state index contributed by atoms with van der Waals surface area (Å²) in [5, 5.41) is 8.08. The number of aryl methyl sites for hydroxylation is 1. The maximum Gasteiger partial charge on any atom is 0.263 e. The Bertz CT molecular complexity index is 940. The van der Waals surface area contributed by atoms with Crippen molar-refractivity contribution in [2.75, 3.05) is 24.5 Å². The third-order valence-corrected chi connectivity index (χ3v) is 5.31. The van der Waals surface area contributed by atoms with Crippen molar-refractivity contribution in [3.05, 3.63) is 47.9 Å². The zero-order chi connectivity index (χ0) is 19.3. The Morgan fingerprint density at radius 3 is 2.96 bits per heavy atom. The van der Waals surface area contributed by atoms with E-state index in [1.54, 1.807) is 0 Å². The zero-order valence-electron chi connectivity index (χ0n) is 16.1. The van der Waals surface area contributed by atoms with Crippen molar-refractivity contribution in [2.24, 2.45) is 5.92 Å². The van der Waals surface area contributed by atoms with Crippen LogP contribution in [-0.2, 0) is 17.6 Å². The summed E-state index contributed by atoms with van der Waals surface area (Å²) < 4.78 is 5.33. The molecule has 146 valence electrons. The van der Waals surface area contributed by atoms with E-state index in [0.717, 1.165) is 49.1 Å². The molecule has 1 N–H and O–H groups in total. The van der Waals surface area contributed by atoms with Crippen molar-refractivity contribution in [1.29, 1.82) is 0 Å². The van der Waals surface area contributed by atoms with Crippen LogP contribution in [0.25, 0.3) is 11.1 Å². The van der Waals surface area contributed by atoms with E-state index in [0.29, 0.717) is 18.8 Å². The molecule has 3 aromatic rings. The molecule has 1 unspecified atom stereocenters. The van der Waals surface area contributed by atoms with Crippen LogP contribution >= 0.6 is 0 Å². The number of nitrogens with zero attached hydrogens (tertiary/aromatic N) is 4. The lowest BCUT2D eigenvalue weighted by molar-refractivity contribution is -0.125. The summed E-state index contributed by atoms with van der Waals surface area (Å²) in [7, 11) is 0. The highest BCUT2D eigenvalue weighted by atomic mass is 16.5. The van der Waals surface area contributed by atoms with Gasteiger partial charge in [-0.3, -0.25) is 4.79 Å². The number of rotatable bonds is 6. The summed E-state index contributed by atoms with van der Waals surface area (Å²) in [5.74, 6) is 0.899. The second-order valence-corrected chi connectivity index (χ2v) is 7.17. The van der Waals surface area contributed by atoms with Crippen molar-refractivity contribution in [2.45, 2.75) is 32.6 Å². The summed E-state index contributed by atoms with van der Waals surface area (Å²) in [4.78, 5) is 23.5. The number of piperidine rings is 1. The van der Waals surface area contributed by atoms with E-state index in [-0.39, 0.29) is 11.8 Å². The molecule has 1 fully saturated rings. The van der Waals surface area contributed by atoms with Gasteiger partial charge < -0.3 is 14.7 Å². The molecule has 1 saturated heterocycles. The number of anilines is 1. The molecule has 1 aliphatic rings. The highest BCUT2D eigenvalue weighted by molar-refractivity contribution is 5.88. The van der Waals surface area contributed by atoms with Crippen LogP contribution in [0.2, 0.25) is 0 Å². The highest BCUT2D eigenvalue weighted by Crippen LogP contribution is 2.30. The molecule has 1 aromatic carbocycles. The van der Waals surface area contributed by atoms with Gasteiger partial charge in [-0.2, -0.15) is 4.98 Å². The lowest BCUT2D eigenvalue weighted by Gasteiger charge is -2.33. The van der Waals surface area contributed by atoms with Gasteiger partial charge in [-0.15, -0.1) is 0 Å². The van der Waals surface area contributed by atoms with Crippen LogP contribution in [-0.4, -0.2) is 40.7 Å². The van der Waals surface area contributed by atoms with E-state index in [1.807, 2.05) is 25.1 Å². The molecule has 0 radical (unpaired) electrons. The Morgan fingerprint density at radius 1 is 1.29 bits per heavy atom. The lowest BCUT2D eigenvalue weighted by atomic mass is 9.96. The third-order valence-electron chi connectivity index (χ3n) is 5.31. The Morgan fingerprint density at radius 2 is 2.14 bits per heavy atom. The molecule has 0 spiro atoms. The molecule has 1 atom stereocenters. The van der Waals surface area contributed by atoms with Gasteiger partial charge in [0.15, 0.2) is 0 Å². The highest BCUT2D eigenvalue weighted by Gasteiger charge is 2.28. The van der Waals surface area contributed by atoms with Gasteiger partial charge in [0.25, 0.3) is 5.71 Å². The van der Waals surface area contributed by atoms with Gasteiger partial charge >= 0.3 is 0 Å². The van der Waals surface area contributed by atoms with E-state index in [2.05, 4.69) is 37.5 Å². The summed E-state index contributed by atoms with van der Waals surface area (Å²) in [6.45, 7) is 4.21. The smallest absolute Gasteiger partial charge is 0.263 e. The number of aromatic nitrogens is 3. The van der Waals surface area contributed by atoms with Crippen LogP contribution in [0.3, 0.4) is 0 Å². The number of carbonyl (C=O) groups excluding carboxylic acids is 1. The summed E-state index contributed by atoms with van der Waals surface area (Å²) in [6, 6.07) is 10.2. The lowest BCUT2D eigenvalue weighted by Crippen LogP contribution is -2.44. The maximum absolute atomic E-state index is 12.7.